The lowest BCUT2D eigenvalue weighted by Crippen LogP contribution is -2.14. The average molecular weight is 383 g/mol. The van der Waals surface area contributed by atoms with Gasteiger partial charge < -0.3 is 4.74 Å². The van der Waals surface area contributed by atoms with Gasteiger partial charge in [-0.15, -0.1) is 0 Å². The van der Waals surface area contributed by atoms with Gasteiger partial charge in [-0.3, -0.25) is 9.71 Å². The van der Waals surface area contributed by atoms with Gasteiger partial charge in [0.1, 0.15) is 16.2 Å². The second-order valence-electron chi connectivity index (χ2n) is 4.90. The van der Waals surface area contributed by atoms with Crippen LogP contribution in [0.4, 0.5) is 5.69 Å². The van der Waals surface area contributed by atoms with E-state index >= 15 is 0 Å². The highest BCUT2D eigenvalue weighted by Gasteiger charge is 2.20. The van der Waals surface area contributed by atoms with Crippen LogP contribution in [-0.2, 0) is 10.0 Å². The van der Waals surface area contributed by atoms with Crippen molar-refractivity contribution in [1.82, 2.24) is 4.98 Å². The average Bonchev–Trinajstić information content (AvgIpc) is 2.57. The lowest BCUT2D eigenvalue weighted by Gasteiger charge is -2.13. The summed E-state index contributed by atoms with van der Waals surface area (Å²) in [4.78, 5) is 4.15. The Labute approximate surface area is 149 Å². The number of anilines is 1. The van der Waals surface area contributed by atoms with Crippen molar-refractivity contribution < 1.29 is 13.2 Å². The fourth-order valence-electron chi connectivity index (χ4n) is 2.28. The van der Waals surface area contributed by atoms with Gasteiger partial charge in [0.05, 0.1) is 17.8 Å². The van der Waals surface area contributed by atoms with E-state index in [1.807, 2.05) is 0 Å². The standard InChI is InChI=1S/C16H12Cl2N2O3S/c1-23-14-7-6-13(11-3-2-8-19-16(11)14)20-24(21,22)15-9-10(17)4-5-12(15)18/h2-9,20H,1H3. The van der Waals surface area contributed by atoms with E-state index in [0.717, 1.165) is 0 Å². The van der Waals surface area contributed by atoms with Crippen LogP contribution >= 0.6 is 23.2 Å². The van der Waals surface area contributed by atoms with Gasteiger partial charge in [-0.2, -0.15) is 0 Å². The molecule has 0 atom stereocenters. The molecular weight excluding hydrogens is 371 g/mol. The number of hydrogen-bond acceptors (Lipinski definition) is 4. The predicted molar refractivity (Wildman–Crippen MR) is 95.6 cm³/mol. The summed E-state index contributed by atoms with van der Waals surface area (Å²) in [5, 5.41) is 0.974. The molecule has 1 aromatic heterocycles. The minimum atomic E-state index is -3.91. The van der Waals surface area contributed by atoms with Gasteiger partial charge >= 0.3 is 0 Å². The van der Waals surface area contributed by atoms with Gasteiger partial charge in [-0.25, -0.2) is 8.42 Å². The second-order valence-corrected chi connectivity index (χ2v) is 7.39. The third kappa shape index (κ3) is 3.13. The SMILES string of the molecule is COc1ccc(NS(=O)(=O)c2cc(Cl)ccc2Cl)c2cccnc12. The summed E-state index contributed by atoms with van der Waals surface area (Å²) in [6.45, 7) is 0. The number of benzene rings is 2. The number of aromatic nitrogens is 1. The van der Waals surface area contributed by atoms with E-state index < -0.39 is 10.0 Å². The van der Waals surface area contributed by atoms with Crippen LogP contribution in [0.2, 0.25) is 10.0 Å². The first-order valence-corrected chi connectivity index (χ1v) is 9.06. The zero-order valence-corrected chi connectivity index (χ0v) is 14.8. The van der Waals surface area contributed by atoms with E-state index in [1.54, 1.807) is 30.5 Å². The van der Waals surface area contributed by atoms with E-state index in [2.05, 4.69) is 9.71 Å². The summed E-state index contributed by atoms with van der Waals surface area (Å²) in [6.07, 6.45) is 1.61. The largest absolute Gasteiger partial charge is 0.494 e. The predicted octanol–water partition coefficient (Wildman–Crippen LogP) is 4.35. The molecule has 3 aromatic rings. The molecule has 0 spiro atoms. The molecule has 124 valence electrons. The first-order chi connectivity index (χ1) is 11.4. The van der Waals surface area contributed by atoms with Crippen LogP contribution in [0.25, 0.3) is 10.9 Å². The highest BCUT2D eigenvalue weighted by Crippen LogP contribution is 2.32. The molecule has 0 fully saturated rings. The third-order valence-electron chi connectivity index (χ3n) is 3.38. The van der Waals surface area contributed by atoms with Gasteiger partial charge in [0, 0.05) is 16.6 Å². The number of hydrogen-bond donors (Lipinski definition) is 1. The minimum Gasteiger partial charge on any atom is -0.494 e. The maximum absolute atomic E-state index is 12.7. The van der Waals surface area contributed by atoms with Crippen molar-refractivity contribution >= 4 is 49.8 Å². The van der Waals surface area contributed by atoms with Crippen molar-refractivity contribution in [3.05, 3.63) is 58.7 Å². The van der Waals surface area contributed by atoms with E-state index in [0.29, 0.717) is 22.3 Å². The summed E-state index contributed by atoms with van der Waals surface area (Å²) in [7, 11) is -2.39. The molecule has 0 aliphatic carbocycles. The Morgan fingerprint density at radius 3 is 2.67 bits per heavy atom. The van der Waals surface area contributed by atoms with Gasteiger partial charge in [0.15, 0.2) is 0 Å². The maximum atomic E-state index is 12.7. The van der Waals surface area contributed by atoms with Crippen molar-refractivity contribution in [2.75, 3.05) is 11.8 Å². The highest BCUT2D eigenvalue weighted by atomic mass is 35.5. The lowest BCUT2D eigenvalue weighted by atomic mass is 10.2. The van der Waals surface area contributed by atoms with Crippen LogP contribution in [0.3, 0.4) is 0 Å². The Morgan fingerprint density at radius 1 is 1.12 bits per heavy atom. The van der Waals surface area contributed by atoms with Crippen LogP contribution in [0, 0.1) is 0 Å². The van der Waals surface area contributed by atoms with Crippen LogP contribution in [-0.4, -0.2) is 20.5 Å². The molecule has 0 bridgehead atoms. The molecule has 1 heterocycles. The number of pyridine rings is 1. The highest BCUT2D eigenvalue weighted by molar-refractivity contribution is 7.92. The smallest absolute Gasteiger partial charge is 0.263 e. The molecular formula is C16H12Cl2N2O3S. The monoisotopic (exact) mass is 382 g/mol. The lowest BCUT2D eigenvalue weighted by molar-refractivity contribution is 0.419. The summed E-state index contributed by atoms with van der Waals surface area (Å²) in [5.74, 6) is 0.550. The van der Waals surface area contributed by atoms with Gasteiger partial charge in [0.25, 0.3) is 10.0 Å². The Hall–Kier alpha value is -2.02. The Bertz CT molecular complexity index is 1020. The Balaban J connectivity index is 2.11. The molecule has 3 rings (SSSR count). The van der Waals surface area contributed by atoms with E-state index in [9.17, 15) is 8.42 Å². The van der Waals surface area contributed by atoms with E-state index in [4.69, 9.17) is 27.9 Å². The Kier molecular flexibility index (Phi) is 4.54. The quantitative estimate of drug-likeness (QED) is 0.727. The molecule has 0 radical (unpaired) electrons. The molecule has 2 aromatic carbocycles. The topological polar surface area (TPSA) is 68.3 Å². The van der Waals surface area contributed by atoms with Crippen LogP contribution < -0.4 is 9.46 Å². The molecule has 0 saturated carbocycles. The molecule has 0 unspecified atom stereocenters. The molecule has 0 saturated heterocycles. The van der Waals surface area contributed by atoms with Crippen molar-refractivity contribution in [3.8, 4) is 5.75 Å². The third-order valence-corrected chi connectivity index (χ3v) is 5.46. The zero-order chi connectivity index (χ0) is 17.3. The zero-order valence-electron chi connectivity index (χ0n) is 12.5. The van der Waals surface area contributed by atoms with Gasteiger partial charge in [-0.1, -0.05) is 23.2 Å². The van der Waals surface area contributed by atoms with Crippen molar-refractivity contribution in [2.24, 2.45) is 0 Å². The Morgan fingerprint density at radius 2 is 1.92 bits per heavy atom. The number of nitrogens with zero attached hydrogens (tertiary/aromatic N) is 1. The van der Waals surface area contributed by atoms with Crippen LogP contribution in [0.1, 0.15) is 0 Å². The minimum absolute atomic E-state index is 0.0860. The number of sulfonamides is 1. The number of nitrogens with one attached hydrogen (secondary N) is 1. The van der Waals surface area contributed by atoms with Gasteiger partial charge in [-0.05, 0) is 42.5 Å². The molecule has 0 amide bonds. The van der Waals surface area contributed by atoms with Crippen molar-refractivity contribution in [2.45, 2.75) is 4.90 Å². The first-order valence-electron chi connectivity index (χ1n) is 6.82. The van der Waals surface area contributed by atoms with Crippen molar-refractivity contribution in [3.63, 3.8) is 0 Å². The fraction of sp³-hybridized carbons (Fsp3) is 0.0625. The number of halogens is 2. The number of rotatable bonds is 4. The first kappa shape index (κ1) is 16.8. The second kappa shape index (κ2) is 6.47. The summed E-state index contributed by atoms with van der Waals surface area (Å²) in [6, 6.07) is 11.0. The molecule has 8 heteroatoms. The maximum Gasteiger partial charge on any atom is 0.263 e. The van der Waals surface area contributed by atoms with Crippen LogP contribution in [0.5, 0.6) is 5.75 Å². The fourth-order valence-corrected chi connectivity index (χ4v) is 4.13. The van der Waals surface area contributed by atoms with Crippen molar-refractivity contribution in [1.29, 1.82) is 0 Å². The molecule has 0 aliphatic heterocycles. The number of methoxy groups -OCH3 is 1. The summed E-state index contributed by atoms with van der Waals surface area (Å²) < 4.78 is 33.1. The molecule has 5 nitrogen and oxygen atoms in total. The number of fused-ring (bicyclic) bond motifs is 1. The summed E-state index contributed by atoms with van der Waals surface area (Å²) in [5.41, 5.74) is 0.923. The number of ether oxygens (including phenoxy) is 1. The summed E-state index contributed by atoms with van der Waals surface area (Å²) >= 11 is 11.9. The normalized spacial score (nSPS) is 11.5. The van der Waals surface area contributed by atoms with E-state index in [-0.39, 0.29) is 14.9 Å². The molecule has 24 heavy (non-hydrogen) atoms. The van der Waals surface area contributed by atoms with Gasteiger partial charge in [0.2, 0.25) is 0 Å². The molecule has 0 aliphatic rings. The van der Waals surface area contributed by atoms with E-state index in [1.165, 1.54) is 25.3 Å². The van der Waals surface area contributed by atoms with Crippen LogP contribution in [0.15, 0.2) is 53.6 Å². The molecule has 1 N–H and O–H groups in total.